The Morgan fingerprint density at radius 1 is 1.29 bits per heavy atom. The van der Waals surface area contributed by atoms with Gasteiger partial charge in [-0.1, -0.05) is 43.3 Å². The molecule has 34 heavy (non-hydrogen) atoms. The summed E-state index contributed by atoms with van der Waals surface area (Å²) < 4.78 is 14.7. The highest BCUT2D eigenvalue weighted by molar-refractivity contribution is 7.99. The van der Waals surface area contributed by atoms with Crippen LogP contribution in [0, 0.1) is 12.8 Å². The number of hydrogen-bond acceptors (Lipinski definition) is 8. The van der Waals surface area contributed by atoms with Gasteiger partial charge in [-0.05, 0) is 37.5 Å². The van der Waals surface area contributed by atoms with Crippen molar-refractivity contribution in [2.45, 2.75) is 52.0 Å². The number of carbonyl (C=O) groups is 1. The zero-order chi connectivity index (χ0) is 24.0. The fourth-order valence-corrected chi connectivity index (χ4v) is 6.24. The number of aromatic nitrogens is 4. The third-order valence-corrected chi connectivity index (χ3v) is 8.10. The summed E-state index contributed by atoms with van der Waals surface area (Å²) in [6.45, 7) is 8.87. The lowest BCUT2D eigenvalue weighted by molar-refractivity contribution is -0.139. The van der Waals surface area contributed by atoms with Crippen molar-refractivity contribution in [2.24, 2.45) is 5.92 Å². The molecule has 0 bridgehead atoms. The average molecular weight is 499 g/mol. The molecular formula is C24H26N4O4S2. The molecular weight excluding hydrogens is 472 g/mol. The summed E-state index contributed by atoms with van der Waals surface area (Å²) in [7, 11) is 0. The Balaban J connectivity index is 1.76. The number of fused-ring (bicyclic) bond motifs is 5. The minimum atomic E-state index is -0.314. The van der Waals surface area contributed by atoms with Gasteiger partial charge in [-0.15, -0.1) is 21.5 Å². The van der Waals surface area contributed by atoms with Gasteiger partial charge in [0, 0.05) is 11.3 Å². The van der Waals surface area contributed by atoms with Crippen LogP contribution >= 0.6 is 23.1 Å². The molecule has 1 aliphatic heterocycles. The normalized spacial score (nSPS) is 15.9. The smallest absolute Gasteiger partial charge is 0.316 e. The summed E-state index contributed by atoms with van der Waals surface area (Å²) in [6, 6.07) is 7.78. The molecule has 0 N–H and O–H groups in total. The van der Waals surface area contributed by atoms with Gasteiger partial charge in [-0.2, -0.15) is 0 Å². The van der Waals surface area contributed by atoms with Gasteiger partial charge in [0.1, 0.15) is 4.83 Å². The van der Waals surface area contributed by atoms with Gasteiger partial charge in [0.25, 0.3) is 5.56 Å². The van der Waals surface area contributed by atoms with Crippen molar-refractivity contribution in [3.63, 3.8) is 0 Å². The fourth-order valence-electron chi connectivity index (χ4n) is 4.21. The SMILES string of the molecule is CCOC(=O)CSc1nnc2n(-c3ccc(C)cc3)c(=O)c3c4c(sc3n12)CO[C@H](C(C)C)C4. The van der Waals surface area contributed by atoms with Gasteiger partial charge in [0.2, 0.25) is 5.78 Å². The van der Waals surface area contributed by atoms with Crippen molar-refractivity contribution in [1.29, 1.82) is 0 Å². The number of benzene rings is 1. The molecule has 0 spiro atoms. The zero-order valence-corrected chi connectivity index (χ0v) is 21.2. The zero-order valence-electron chi connectivity index (χ0n) is 19.5. The molecule has 0 unspecified atom stereocenters. The van der Waals surface area contributed by atoms with Gasteiger partial charge >= 0.3 is 5.97 Å². The van der Waals surface area contributed by atoms with Gasteiger partial charge in [0.05, 0.1) is 36.1 Å². The van der Waals surface area contributed by atoms with Crippen molar-refractivity contribution >= 4 is 45.1 Å². The molecule has 5 rings (SSSR count). The summed E-state index contributed by atoms with van der Waals surface area (Å²) >= 11 is 2.80. The Morgan fingerprint density at radius 2 is 2.06 bits per heavy atom. The minimum Gasteiger partial charge on any atom is -0.465 e. The number of carbonyl (C=O) groups excluding carboxylic acids is 1. The highest BCUT2D eigenvalue weighted by atomic mass is 32.2. The Hall–Kier alpha value is -2.69. The van der Waals surface area contributed by atoms with Crippen molar-refractivity contribution in [3.05, 3.63) is 50.6 Å². The molecule has 10 heteroatoms. The Labute approximate surface area is 204 Å². The maximum atomic E-state index is 14.0. The summed E-state index contributed by atoms with van der Waals surface area (Å²) in [4.78, 5) is 27.8. The maximum absolute atomic E-state index is 14.0. The third kappa shape index (κ3) is 3.93. The number of nitrogens with zero attached hydrogens (tertiary/aromatic N) is 4. The van der Waals surface area contributed by atoms with Crippen LogP contribution in [0.4, 0.5) is 0 Å². The molecule has 0 radical (unpaired) electrons. The molecule has 3 aromatic heterocycles. The number of rotatable bonds is 6. The number of aryl methyl sites for hydroxylation is 1. The van der Waals surface area contributed by atoms with Gasteiger partial charge in [-0.25, -0.2) is 8.97 Å². The lowest BCUT2D eigenvalue weighted by atomic mass is 9.96. The van der Waals surface area contributed by atoms with Gasteiger partial charge in [-0.3, -0.25) is 9.59 Å². The number of esters is 1. The Bertz CT molecular complexity index is 1440. The van der Waals surface area contributed by atoms with E-state index in [-0.39, 0.29) is 23.4 Å². The van der Waals surface area contributed by atoms with Crippen LogP contribution in [0.5, 0.6) is 0 Å². The monoisotopic (exact) mass is 498 g/mol. The van der Waals surface area contributed by atoms with Crippen LogP contribution in [0.2, 0.25) is 0 Å². The van der Waals surface area contributed by atoms with Crippen molar-refractivity contribution in [1.82, 2.24) is 19.2 Å². The molecule has 8 nitrogen and oxygen atoms in total. The molecule has 0 fully saturated rings. The van der Waals surface area contributed by atoms with E-state index in [1.165, 1.54) is 11.8 Å². The molecule has 1 aromatic carbocycles. The number of ether oxygens (including phenoxy) is 2. The summed E-state index contributed by atoms with van der Waals surface area (Å²) in [5.74, 6) is 0.569. The number of thioether (sulfide) groups is 1. The quantitative estimate of drug-likeness (QED) is 0.291. The first-order valence-corrected chi connectivity index (χ1v) is 13.1. The first-order valence-electron chi connectivity index (χ1n) is 11.3. The Kier molecular flexibility index (Phi) is 6.22. The first kappa shape index (κ1) is 23.1. The van der Waals surface area contributed by atoms with E-state index in [4.69, 9.17) is 9.47 Å². The van der Waals surface area contributed by atoms with E-state index in [9.17, 15) is 9.59 Å². The second kappa shape index (κ2) is 9.16. The second-order valence-corrected chi connectivity index (χ2v) is 10.7. The van der Waals surface area contributed by atoms with Crippen LogP contribution in [0.1, 0.15) is 36.8 Å². The summed E-state index contributed by atoms with van der Waals surface area (Å²) in [5, 5.41) is 9.97. The second-order valence-electron chi connectivity index (χ2n) is 8.67. The minimum absolute atomic E-state index is 0.0618. The van der Waals surface area contributed by atoms with Crippen LogP contribution in [0.3, 0.4) is 0 Å². The van der Waals surface area contributed by atoms with Crippen LogP contribution in [-0.2, 0) is 27.3 Å². The summed E-state index contributed by atoms with van der Waals surface area (Å²) in [5.41, 5.74) is 2.77. The average Bonchev–Trinajstić information content (AvgIpc) is 3.40. The van der Waals surface area contributed by atoms with Crippen LogP contribution < -0.4 is 5.56 Å². The van der Waals surface area contributed by atoms with E-state index in [1.54, 1.807) is 22.8 Å². The van der Waals surface area contributed by atoms with Crippen molar-refractivity contribution in [3.8, 4) is 5.69 Å². The lowest BCUT2D eigenvalue weighted by Crippen LogP contribution is -2.28. The molecule has 4 aromatic rings. The van der Waals surface area contributed by atoms with Crippen molar-refractivity contribution < 1.29 is 14.3 Å². The van der Waals surface area contributed by atoms with E-state index in [1.807, 2.05) is 35.6 Å². The standard InChI is InChI=1S/C24H26N4O4S2/c1-5-31-19(29)12-33-24-26-25-23-27(15-8-6-14(4)7-9-15)21(30)20-16-10-17(13(2)3)32-11-18(16)34-22(20)28(23)24/h6-9,13,17H,5,10-12H2,1-4H3/t17-/m0/s1. The lowest BCUT2D eigenvalue weighted by Gasteiger charge is -2.26. The number of hydrogen-bond donors (Lipinski definition) is 0. The van der Waals surface area contributed by atoms with E-state index < -0.39 is 0 Å². The maximum Gasteiger partial charge on any atom is 0.316 e. The predicted octanol–water partition coefficient (Wildman–Crippen LogP) is 4.16. The fraction of sp³-hybridized carbons (Fsp3) is 0.417. The van der Waals surface area contributed by atoms with E-state index in [0.29, 0.717) is 41.9 Å². The topological polar surface area (TPSA) is 87.7 Å². The molecule has 1 atom stereocenters. The van der Waals surface area contributed by atoms with Crippen LogP contribution in [0.25, 0.3) is 21.7 Å². The van der Waals surface area contributed by atoms with Gasteiger partial charge < -0.3 is 9.47 Å². The molecule has 0 aliphatic carbocycles. The van der Waals surface area contributed by atoms with Crippen LogP contribution in [0.15, 0.2) is 34.2 Å². The Morgan fingerprint density at radius 3 is 2.76 bits per heavy atom. The predicted molar refractivity (Wildman–Crippen MR) is 133 cm³/mol. The summed E-state index contributed by atoms with van der Waals surface area (Å²) in [6.07, 6.45) is 0.751. The molecule has 4 heterocycles. The largest absolute Gasteiger partial charge is 0.465 e. The van der Waals surface area contributed by atoms with Crippen molar-refractivity contribution in [2.75, 3.05) is 12.4 Å². The highest BCUT2D eigenvalue weighted by Crippen LogP contribution is 2.37. The molecule has 0 saturated heterocycles. The van der Waals surface area contributed by atoms with Gasteiger partial charge in [0.15, 0.2) is 5.16 Å². The third-order valence-electron chi connectivity index (χ3n) is 6.00. The number of thiophene rings is 1. The first-order chi connectivity index (χ1) is 16.4. The van der Waals surface area contributed by atoms with Crippen LogP contribution in [-0.4, -0.2) is 43.6 Å². The highest BCUT2D eigenvalue weighted by Gasteiger charge is 2.30. The van der Waals surface area contributed by atoms with E-state index in [2.05, 4.69) is 24.0 Å². The van der Waals surface area contributed by atoms with E-state index in [0.717, 1.165) is 26.5 Å². The van der Waals surface area contributed by atoms with E-state index >= 15 is 0 Å². The molecule has 0 saturated carbocycles. The molecule has 178 valence electrons. The molecule has 0 amide bonds. The molecule has 1 aliphatic rings.